The van der Waals surface area contributed by atoms with Gasteiger partial charge in [0.2, 0.25) is 0 Å². The predicted octanol–water partition coefficient (Wildman–Crippen LogP) is 2.37. The highest BCUT2D eigenvalue weighted by molar-refractivity contribution is 5.91. The lowest BCUT2D eigenvalue weighted by Crippen LogP contribution is -2.14. The van der Waals surface area contributed by atoms with Crippen LogP contribution in [0.5, 0.6) is 0 Å². The Morgan fingerprint density at radius 3 is 2.21 bits per heavy atom. The SMILES string of the molecule is COC(=O)c1ccc(COCCOCCOCCOCCN)cc1C(C)N=[N+]=[N-]. The second-order valence-corrected chi connectivity index (χ2v) is 5.97. The molecular formula is C19H30N4O6. The lowest BCUT2D eigenvalue weighted by atomic mass is 9.99. The van der Waals surface area contributed by atoms with Crippen molar-refractivity contribution in [3.8, 4) is 0 Å². The molecule has 0 aliphatic heterocycles. The molecule has 0 aliphatic rings. The lowest BCUT2D eigenvalue weighted by molar-refractivity contribution is -0.00336. The van der Waals surface area contributed by atoms with E-state index in [1.54, 1.807) is 25.1 Å². The van der Waals surface area contributed by atoms with E-state index in [2.05, 4.69) is 10.0 Å². The van der Waals surface area contributed by atoms with Gasteiger partial charge in [0.25, 0.3) is 0 Å². The van der Waals surface area contributed by atoms with Gasteiger partial charge in [0.15, 0.2) is 0 Å². The minimum atomic E-state index is -0.502. The third-order valence-electron chi connectivity index (χ3n) is 3.84. The summed E-state index contributed by atoms with van der Waals surface area (Å²) in [5.74, 6) is -0.478. The molecule has 0 bridgehead atoms. The van der Waals surface area contributed by atoms with E-state index in [1.165, 1.54) is 7.11 Å². The number of hydrogen-bond donors (Lipinski definition) is 1. The zero-order valence-corrected chi connectivity index (χ0v) is 17.0. The maximum absolute atomic E-state index is 11.9. The fraction of sp³-hybridized carbons (Fsp3) is 0.632. The molecule has 0 heterocycles. The van der Waals surface area contributed by atoms with E-state index in [-0.39, 0.29) is 0 Å². The molecular weight excluding hydrogens is 380 g/mol. The van der Waals surface area contributed by atoms with Crippen molar-refractivity contribution in [3.63, 3.8) is 0 Å². The van der Waals surface area contributed by atoms with Crippen LogP contribution in [0.1, 0.15) is 34.5 Å². The molecule has 1 unspecified atom stereocenters. The van der Waals surface area contributed by atoms with Crippen LogP contribution in [-0.2, 0) is 30.3 Å². The molecule has 29 heavy (non-hydrogen) atoms. The first-order valence-corrected chi connectivity index (χ1v) is 9.40. The molecule has 2 N–H and O–H groups in total. The van der Waals surface area contributed by atoms with E-state index < -0.39 is 12.0 Å². The van der Waals surface area contributed by atoms with Crippen LogP contribution in [0.4, 0.5) is 0 Å². The number of hydrogen-bond acceptors (Lipinski definition) is 8. The van der Waals surface area contributed by atoms with Crippen LogP contribution in [0.3, 0.4) is 0 Å². The molecule has 1 rings (SSSR count). The van der Waals surface area contributed by atoms with Crippen LogP contribution < -0.4 is 5.73 Å². The third-order valence-corrected chi connectivity index (χ3v) is 3.84. The molecule has 0 aliphatic carbocycles. The van der Waals surface area contributed by atoms with Crippen molar-refractivity contribution in [2.45, 2.75) is 19.6 Å². The first-order chi connectivity index (χ1) is 14.1. The molecule has 0 saturated heterocycles. The Balaban J connectivity index is 2.31. The third kappa shape index (κ3) is 10.2. The van der Waals surface area contributed by atoms with Crippen LogP contribution in [0, 0.1) is 0 Å². The number of nitrogens with zero attached hydrogens (tertiary/aromatic N) is 3. The normalized spacial score (nSPS) is 11.7. The van der Waals surface area contributed by atoms with Gasteiger partial charge >= 0.3 is 5.97 Å². The second kappa shape index (κ2) is 15.7. The van der Waals surface area contributed by atoms with Crippen LogP contribution >= 0.6 is 0 Å². The molecule has 10 heteroatoms. The monoisotopic (exact) mass is 410 g/mol. The zero-order valence-electron chi connectivity index (χ0n) is 17.0. The quantitative estimate of drug-likeness (QED) is 0.145. The van der Waals surface area contributed by atoms with Crippen molar-refractivity contribution >= 4 is 5.97 Å². The average Bonchev–Trinajstić information content (AvgIpc) is 2.74. The minimum Gasteiger partial charge on any atom is -0.465 e. The van der Waals surface area contributed by atoms with Gasteiger partial charge in [-0.1, -0.05) is 24.2 Å². The first kappa shape index (κ1) is 24.8. The summed E-state index contributed by atoms with van der Waals surface area (Å²) in [6.45, 7) is 5.95. The summed E-state index contributed by atoms with van der Waals surface area (Å²) in [7, 11) is 1.31. The van der Waals surface area contributed by atoms with Crippen molar-refractivity contribution < 1.29 is 28.5 Å². The number of azide groups is 1. The van der Waals surface area contributed by atoms with Gasteiger partial charge < -0.3 is 29.4 Å². The number of ether oxygens (including phenoxy) is 5. The van der Waals surface area contributed by atoms with Gasteiger partial charge in [0, 0.05) is 11.5 Å². The first-order valence-electron chi connectivity index (χ1n) is 9.40. The number of rotatable bonds is 16. The van der Waals surface area contributed by atoms with Crippen molar-refractivity contribution in [3.05, 3.63) is 45.3 Å². The summed E-state index contributed by atoms with van der Waals surface area (Å²) >= 11 is 0. The second-order valence-electron chi connectivity index (χ2n) is 5.97. The number of carbonyl (C=O) groups excluding carboxylic acids is 1. The summed E-state index contributed by atoms with van der Waals surface area (Å²) in [6, 6.07) is 4.71. The van der Waals surface area contributed by atoms with Crippen LogP contribution in [-0.4, -0.2) is 65.9 Å². The van der Waals surface area contributed by atoms with Crippen LogP contribution in [0.25, 0.3) is 10.4 Å². The maximum Gasteiger partial charge on any atom is 0.338 e. The molecule has 1 atom stereocenters. The maximum atomic E-state index is 11.9. The predicted molar refractivity (Wildman–Crippen MR) is 107 cm³/mol. The summed E-state index contributed by atoms with van der Waals surface area (Å²) in [6.07, 6.45) is 0. The Kier molecular flexibility index (Phi) is 13.4. The standard InChI is InChI=1S/C19H30N4O6/c1-15(22-23-21)18-13-16(3-4-17(18)19(24)25-2)14-29-12-11-28-10-9-27-8-7-26-6-5-20/h3-4,13,15H,5-12,14,20H2,1-2H3. The van der Waals surface area contributed by atoms with E-state index in [9.17, 15) is 4.79 Å². The molecule has 0 aromatic heterocycles. The molecule has 0 saturated carbocycles. The summed E-state index contributed by atoms with van der Waals surface area (Å²) < 4.78 is 26.3. The van der Waals surface area contributed by atoms with Gasteiger partial charge in [-0.2, -0.15) is 0 Å². The molecule has 1 aromatic rings. The largest absolute Gasteiger partial charge is 0.465 e. The van der Waals surface area contributed by atoms with Crippen molar-refractivity contribution in [2.75, 3.05) is 59.9 Å². The number of carbonyl (C=O) groups is 1. The zero-order chi connectivity index (χ0) is 21.3. The van der Waals surface area contributed by atoms with E-state index in [1.807, 2.05) is 0 Å². The molecule has 0 spiro atoms. The van der Waals surface area contributed by atoms with Crippen LogP contribution in [0.15, 0.2) is 23.3 Å². The molecule has 162 valence electrons. The Labute approximate surface area is 170 Å². The Morgan fingerprint density at radius 2 is 1.66 bits per heavy atom. The number of esters is 1. The number of nitrogens with two attached hydrogens (primary N) is 1. The van der Waals surface area contributed by atoms with Gasteiger partial charge in [-0.05, 0) is 22.7 Å². The number of methoxy groups -OCH3 is 1. The van der Waals surface area contributed by atoms with E-state index >= 15 is 0 Å². The van der Waals surface area contributed by atoms with E-state index in [0.29, 0.717) is 70.5 Å². The lowest BCUT2D eigenvalue weighted by Gasteiger charge is -2.13. The fourth-order valence-electron chi connectivity index (χ4n) is 2.42. The number of benzene rings is 1. The average molecular weight is 410 g/mol. The van der Waals surface area contributed by atoms with Gasteiger partial charge in [-0.25, -0.2) is 4.79 Å². The van der Waals surface area contributed by atoms with Crippen molar-refractivity contribution in [2.24, 2.45) is 10.8 Å². The Hall–Kier alpha value is -2.20. The summed E-state index contributed by atoms with van der Waals surface area (Å²) in [4.78, 5) is 14.7. The van der Waals surface area contributed by atoms with Gasteiger partial charge in [0.1, 0.15) is 0 Å². The fourth-order valence-corrected chi connectivity index (χ4v) is 2.42. The molecule has 0 amide bonds. The molecule has 0 fully saturated rings. The highest BCUT2D eigenvalue weighted by Gasteiger charge is 2.16. The van der Waals surface area contributed by atoms with Crippen molar-refractivity contribution in [1.29, 1.82) is 0 Å². The molecule has 10 nitrogen and oxygen atoms in total. The molecule has 1 aromatic carbocycles. The summed E-state index contributed by atoms with van der Waals surface area (Å²) in [5.41, 5.74) is 15.8. The highest BCUT2D eigenvalue weighted by Crippen LogP contribution is 2.24. The van der Waals surface area contributed by atoms with Crippen LogP contribution in [0.2, 0.25) is 0 Å². The Morgan fingerprint density at radius 1 is 1.07 bits per heavy atom. The minimum absolute atomic E-state index is 0.343. The van der Waals surface area contributed by atoms with Crippen molar-refractivity contribution in [1.82, 2.24) is 0 Å². The topological polar surface area (TPSA) is 138 Å². The smallest absolute Gasteiger partial charge is 0.338 e. The summed E-state index contributed by atoms with van der Waals surface area (Å²) in [5, 5.41) is 3.67. The van der Waals surface area contributed by atoms with E-state index in [0.717, 1.165) is 5.56 Å². The molecule has 0 radical (unpaired) electrons. The van der Waals surface area contributed by atoms with Gasteiger partial charge in [0.05, 0.1) is 71.6 Å². The van der Waals surface area contributed by atoms with Gasteiger partial charge in [-0.3, -0.25) is 0 Å². The van der Waals surface area contributed by atoms with E-state index in [4.69, 9.17) is 34.9 Å². The Bertz CT molecular complexity index is 652. The highest BCUT2D eigenvalue weighted by atomic mass is 16.6. The van der Waals surface area contributed by atoms with Gasteiger partial charge in [-0.15, -0.1) is 0 Å².